The van der Waals surface area contributed by atoms with Gasteiger partial charge in [-0.15, -0.1) is 0 Å². The first-order chi connectivity index (χ1) is 9.24. The Morgan fingerprint density at radius 3 is 2.30 bits per heavy atom. The van der Waals surface area contributed by atoms with E-state index in [2.05, 4.69) is 10.0 Å². The predicted molar refractivity (Wildman–Crippen MR) is 83.2 cm³/mol. The maximum atomic E-state index is 12.3. The van der Waals surface area contributed by atoms with E-state index in [9.17, 15) is 8.42 Å². The number of hydrogen-bond acceptors (Lipinski definition) is 4. The molecule has 1 atom stereocenters. The second-order valence-corrected chi connectivity index (χ2v) is 7.24. The average Bonchev–Trinajstić information content (AvgIpc) is 2.34. The van der Waals surface area contributed by atoms with Crippen LogP contribution in [0.2, 0.25) is 0 Å². The molecule has 0 aromatic heterocycles. The van der Waals surface area contributed by atoms with Crippen LogP contribution in [0.1, 0.15) is 27.7 Å². The van der Waals surface area contributed by atoms with Gasteiger partial charge in [0, 0.05) is 18.6 Å². The molecule has 5 nitrogen and oxygen atoms in total. The number of benzene rings is 1. The van der Waals surface area contributed by atoms with Crippen molar-refractivity contribution in [3.63, 3.8) is 0 Å². The summed E-state index contributed by atoms with van der Waals surface area (Å²) in [7, 11) is -3.51. The number of nitrogens with two attached hydrogens (primary N) is 1. The van der Waals surface area contributed by atoms with Crippen molar-refractivity contribution >= 4 is 15.7 Å². The second-order valence-electron chi connectivity index (χ2n) is 5.56. The van der Waals surface area contributed by atoms with Crippen molar-refractivity contribution in [2.75, 3.05) is 11.9 Å². The molecule has 1 unspecified atom stereocenters. The minimum absolute atomic E-state index is 0.0242. The molecular weight excluding hydrogens is 274 g/mol. The summed E-state index contributed by atoms with van der Waals surface area (Å²) in [5, 5.41) is 3.13. The molecule has 0 bridgehead atoms. The van der Waals surface area contributed by atoms with Crippen LogP contribution >= 0.6 is 0 Å². The van der Waals surface area contributed by atoms with Crippen LogP contribution in [0.4, 0.5) is 5.69 Å². The molecule has 0 amide bonds. The zero-order chi connectivity index (χ0) is 15.3. The Morgan fingerprint density at radius 1 is 1.15 bits per heavy atom. The fourth-order valence-corrected chi connectivity index (χ4v) is 3.12. The van der Waals surface area contributed by atoms with Crippen LogP contribution in [-0.4, -0.2) is 27.0 Å². The van der Waals surface area contributed by atoms with Crippen molar-refractivity contribution in [3.05, 3.63) is 24.3 Å². The summed E-state index contributed by atoms with van der Waals surface area (Å²) in [5.41, 5.74) is 6.56. The Morgan fingerprint density at radius 2 is 1.75 bits per heavy atom. The van der Waals surface area contributed by atoms with Crippen molar-refractivity contribution in [2.24, 2.45) is 11.7 Å². The van der Waals surface area contributed by atoms with E-state index in [0.717, 1.165) is 0 Å². The van der Waals surface area contributed by atoms with Gasteiger partial charge in [-0.05, 0) is 31.9 Å². The molecule has 0 aliphatic rings. The summed E-state index contributed by atoms with van der Waals surface area (Å²) in [6, 6.07) is 6.69. The lowest BCUT2D eigenvalue weighted by atomic mass is 10.1. The molecule has 0 saturated carbocycles. The maximum absolute atomic E-state index is 12.3. The molecule has 1 aromatic rings. The van der Waals surface area contributed by atoms with E-state index in [1.54, 1.807) is 38.1 Å². The smallest absolute Gasteiger partial charge is 0.242 e. The van der Waals surface area contributed by atoms with Gasteiger partial charge in [0.25, 0.3) is 0 Å². The Kier molecular flexibility index (Phi) is 5.98. The number of anilines is 1. The lowest BCUT2D eigenvalue weighted by Gasteiger charge is -2.19. The minimum Gasteiger partial charge on any atom is -0.382 e. The summed E-state index contributed by atoms with van der Waals surface area (Å²) in [6.45, 7) is 8.20. The van der Waals surface area contributed by atoms with E-state index in [-0.39, 0.29) is 17.0 Å². The Bertz CT molecular complexity index is 527. The summed E-state index contributed by atoms with van der Waals surface area (Å²) in [4.78, 5) is 0.254. The van der Waals surface area contributed by atoms with E-state index >= 15 is 0 Å². The van der Waals surface area contributed by atoms with E-state index in [1.165, 1.54) is 0 Å². The van der Waals surface area contributed by atoms with Crippen molar-refractivity contribution in [2.45, 2.75) is 44.7 Å². The zero-order valence-corrected chi connectivity index (χ0v) is 13.4. The number of rotatable bonds is 7. The molecule has 0 radical (unpaired) electrons. The first kappa shape index (κ1) is 16.9. The summed E-state index contributed by atoms with van der Waals surface area (Å²) in [5.74, 6) is 0.333. The third-order valence-corrected chi connectivity index (χ3v) is 4.67. The van der Waals surface area contributed by atoms with Crippen molar-refractivity contribution in [1.82, 2.24) is 4.72 Å². The Hall–Kier alpha value is -1.11. The largest absolute Gasteiger partial charge is 0.382 e. The number of para-hydroxylation sites is 1. The third kappa shape index (κ3) is 4.77. The maximum Gasteiger partial charge on any atom is 0.242 e. The number of nitrogens with one attached hydrogen (secondary N) is 2. The first-order valence-electron chi connectivity index (χ1n) is 6.85. The molecule has 0 fully saturated rings. The fraction of sp³-hybridized carbons (Fsp3) is 0.571. The molecule has 6 heteroatoms. The topological polar surface area (TPSA) is 84.2 Å². The molecule has 0 heterocycles. The van der Waals surface area contributed by atoms with Gasteiger partial charge < -0.3 is 11.1 Å². The summed E-state index contributed by atoms with van der Waals surface area (Å²) < 4.78 is 27.1. The van der Waals surface area contributed by atoms with Crippen LogP contribution in [-0.2, 0) is 10.0 Å². The standard InChI is InChI=1S/C14H25N3O2S/c1-10(2)12(15)9-16-13-7-5-6-8-14(13)20(18,19)17-11(3)4/h5-8,10-12,16-17H,9,15H2,1-4H3. The third-order valence-electron chi connectivity index (χ3n) is 2.95. The van der Waals surface area contributed by atoms with Gasteiger partial charge in [0.1, 0.15) is 4.90 Å². The predicted octanol–water partition coefficient (Wildman–Crippen LogP) is 1.77. The average molecular weight is 299 g/mol. The highest BCUT2D eigenvalue weighted by Crippen LogP contribution is 2.21. The van der Waals surface area contributed by atoms with Crippen molar-refractivity contribution in [3.8, 4) is 0 Å². The molecule has 0 aliphatic carbocycles. The lowest BCUT2D eigenvalue weighted by Crippen LogP contribution is -2.35. The monoisotopic (exact) mass is 299 g/mol. The Balaban J connectivity index is 2.94. The molecule has 114 valence electrons. The van der Waals surface area contributed by atoms with Crippen LogP contribution in [0.15, 0.2) is 29.2 Å². The van der Waals surface area contributed by atoms with Crippen molar-refractivity contribution in [1.29, 1.82) is 0 Å². The van der Waals surface area contributed by atoms with Gasteiger partial charge in [-0.25, -0.2) is 13.1 Å². The van der Waals surface area contributed by atoms with E-state index < -0.39 is 10.0 Å². The molecule has 1 rings (SSSR count). The van der Waals surface area contributed by atoms with E-state index in [0.29, 0.717) is 18.2 Å². The summed E-state index contributed by atoms with van der Waals surface area (Å²) >= 11 is 0. The van der Waals surface area contributed by atoms with E-state index in [1.807, 2.05) is 13.8 Å². The molecular formula is C14H25N3O2S. The quantitative estimate of drug-likeness (QED) is 0.716. The van der Waals surface area contributed by atoms with Crippen LogP contribution in [0.5, 0.6) is 0 Å². The van der Waals surface area contributed by atoms with Gasteiger partial charge in [-0.3, -0.25) is 0 Å². The SMILES string of the molecule is CC(C)NS(=O)(=O)c1ccccc1NCC(N)C(C)C. The fourth-order valence-electron chi connectivity index (χ4n) is 1.68. The van der Waals surface area contributed by atoms with Gasteiger partial charge >= 0.3 is 0 Å². The molecule has 0 spiro atoms. The van der Waals surface area contributed by atoms with Gasteiger partial charge in [0.2, 0.25) is 10.0 Å². The number of hydrogen-bond donors (Lipinski definition) is 3. The van der Waals surface area contributed by atoms with Gasteiger partial charge in [-0.1, -0.05) is 26.0 Å². The highest BCUT2D eigenvalue weighted by Gasteiger charge is 2.19. The van der Waals surface area contributed by atoms with Crippen LogP contribution in [0, 0.1) is 5.92 Å². The first-order valence-corrected chi connectivity index (χ1v) is 8.33. The van der Waals surface area contributed by atoms with Crippen LogP contribution < -0.4 is 15.8 Å². The van der Waals surface area contributed by atoms with Crippen molar-refractivity contribution < 1.29 is 8.42 Å². The molecule has 20 heavy (non-hydrogen) atoms. The summed E-state index contributed by atoms with van der Waals surface area (Å²) in [6.07, 6.45) is 0. The molecule has 1 aromatic carbocycles. The Labute approximate surface area is 122 Å². The van der Waals surface area contributed by atoms with Gasteiger partial charge in [0.15, 0.2) is 0 Å². The number of sulfonamides is 1. The van der Waals surface area contributed by atoms with Gasteiger partial charge in [-0.2, -0.15) is 0 Å². The second kappa shape index (κ2) is 7.06. The van der Waals surface area contributed by atoms with Crippen LogP contribution in [0.25, 0.3) is 0 Å². The minimum atomic E-state index is -3.51. The highest BCUT2D eigenvalue weighted by atomic mass is 32.2. The van der Waals surface area contributed by atoms with Gasteiger partial charge in [0.05, 0.1) is 5.69 Å². The molecule has 4 N–H and O–H groups in total. The van der Waals surface area contributed by atoms with Crippen LogP contribution in [0.3, 0.4) is 0 Å². The zero-order valence-electron chi connectivity index (χ0n) is 12.6. The molecule has 0 aliphatic heterocycles. The normalized spacial score (nSPS) is 13.8. The lowest BCUT2D eigenvalue weighted by molar-refractivity contribution is 0.511. The highest BCUT2D eigenvalue weighted by molar-refractivity contribution is 7.89. The molecule has 0 saturated heterocycles. The van der Waals surface area contributed by atoms with E-state index in [4.69, 9.17) is 5.73 Å².